The summed E-state index contributed by atoms with van der Waals surface area (Å²) in [6, 6.07) is 4.93. The number of hydrogen-bond donors (Lipinski definition) is 1. The van der Waals surface area contributed by atoms with Gasteiger partial charge in [0, 0.05) is 11.7 Å². The molecule has 0 amide bonds. The second-order valence-electron chi connectivity index (χ2n) is 4.31. The molecule has 0 fully saturated rings. The van der Waals surface area contributed by atoms with Gasteiger partial charge in [0.1, 0.15) is 5.82 Å². The van der Waals surface area contributed by atoms with Crippen LogP contribution in [0.3, 0.4) is 0 Å². The van der Waals surface area contributed by atoms with Crippen molar-refractivity contribution in [2.75, 3.05) is 5.32 Å². The molecule has 1 N–H and O–H groups in total. The van der Waals surface area contributed by atoms with Gasteiger partial charge in [0.15, 0.2) is 0 Å². The van der Waals surface area contributed by atoms with E-state index in [2.05, 4.69) is 36.3 Å². The van der Waals surface area contributed by atoms with Crippen LogP contribution in [0, 0.1) is 0 Å². The number of anilines is 1. The molecule has 1 aliphatic rings. The average molecular weight is 204 g/mol. The first kappa shape index (κ1) is 10.5. The van der Waals surface area contributed by atoms with Crippen LogP contribution in [0.15, 0.2) is 12.1 Å². The van der Waals surface area contributed by atoms with Crippen molar-refractivity contribution in [3.8, 4) is 0 Å². The fraction of sp³-hybridized carbons (Fsp3) is 0.615. The SMILES string of the molecule is CCC(CC)Nc1ccc2c(n1)CCC2. The van der Waals surface area contributed by atoms with Gasteiger partial charge in [-0.1, -0.05) is 19.9 Å². The van der Waals surface area contributed by atoms with Gasteiger partial charge in [0.2, 0.25) is 0 Å². The maximum absolute atomic E-state index is 4.68. The largest absolute Gasteiger partial charge is 0.367 e. The van der Waals surface area contributed by atoms with Crippen molar-refractivity contribution in [3.63, 3.8) is 0 Å². The molecule has 82 valence electrons. The number of hydrogen-bond acceptors (Lipinski definition) is 2. The van der Waals surface area contributed by atoms with Crippen LogP contribution >= 0.6 is 0 Å². The Hall–Kier alpha value is -1.05. The molecular formula is C13H20N2. The molecule has 0 bridgehead atoms. The van der Waals surface area contributed by atoms with E-state index in [1.165, 1.54) is 24.1 Å². The lowest BCUT2D eigenvalue weighted by Gasteiger charge is -2.15. The zero-order chi connectivity index (χ0) is 10.7. The van der Waals surface area contributed by atoms with Gasteiger partial charge in [-0.3, -0.25) is 0 Å². The van der Waals surface area contributed by atoms with Crippen molar-refractivity contribution >= 4 is 5.82 Å². The Morgan fingerprint density at radius 2 is 2.07 bits per heavy atom. The van der Waals surface area contributed by atoms with Gasteiger partial charge in [-0.2, -0.15) is 0 Å². The first-order valence-electron chi connectivity index (χ1n) is 6.08. The quantitative estimate of drug-likeness (QED) is 0.814. The molecule has 1 aliphatic carbocycles. The van der Waals surface area contributed by atoms with Crippen LogP contribution in [0.25, 0.3) is 0 Å². The highest BCUT2D eigenvalue weighted by atomic mass is 15.0. The summed E-state index contributed by atoms with van der Waals surface area (Å²) in [6.45, 7) is 4.43. The minimum atomic E-state index is 0.567. The second kappa shape index (κ2) is 4.65. The van der Waals surface area contributed by atoms with E-state index in [4.69, 9.17) is 0 Å². The number of rotatable bonds is 4. The molecule has 0 aliphatic heterocycles. The van der Waals surface area contributed by atoms with E-state index in [1.807, 2.05) is 0 Å². The summed E-state index contributed by atoms with van der Waals surface area (Å²) in [7, 11) is 0. The van der Waals surface area contributed by atoms with Crippen LogP contribution in [-0.4, -0.2) is 11.0 Å². The Bertz CT molecular complexity index is 329. The molecule has 2 nitrogen and oxygen atoms in total. The number of nitrogens with zero attached hydrogens (tertiary/aromatic N) is 1. The maximum Gasteiger partial charge on any atom is 0.126 e. The summed E-state index contributed by atoms with van der Waals surface area (Å²) in [4.78, 5) is 4.68. The van der Waals surface area contributed by atoms with Crippen molar-refractivity contribution in [1.29, 1.82) is 0 Å². The third-order valence-electron chi connectivity index (χ3n) is 3.27. The normalized spacial score (nSPS) is 14.3. The van der Waals surface area contributed by atoms with Gasteiger partial charge in [-0.05, 0) is 43.7 Å². The molecule has 1 heterocycles. The predicted octanol–water partition coefficient (Wildman–Crippen LogP) is 3.17. The topological polar surface area (TPSA) is 24.9 Å². The number of nitrogens with one attached hydrogen (secondary N) is 1. The fourth-order valence-corrected chi connectivity index (χ4v) is 2.20. The highest BCUT2D eigenvalue weighted by Gasteiger charge is 2.13. The molecule has 0 spiro atoms. The van der Waals surface area contributed by atoms with Crippen molar-refractivity contribution in [2.24, 2.45) is 0 Å². The lowest BCUT2D eigenvalue weighted by molar-refractivity contribution is 0.668. The summed E-state index contributed by atoms with van der Waals surface area (Å²) in [6.07, 6.45) is 5.97. The van der Waals surface area contributed by atoms with Gasteiger partial charge in [0.05, 0.1) is 0 Å². The Morgan fingerprint density at radius 1 is 1.27 bits per heavy atom. The Balaban J connectivity index is 2.09. The number of fused-ring (bicyclic) bond motifs is 1. The van der Waals surface area contributed by atoms with E-state index < -0.39 is 0 Å². The molecule has 0 saturated carbocycles. The zero-order valence-electron chi connectivity index (χ0n) is 9.71. The predicted molar refractivity (Wildman–Crippen MR) is 64.3 cm³/mol. The Morgan fingerprint density at radius 3 is 2.80 bits per heavy atom. The summed E-state index contributed by atoms with van der Waals surface area (Å²) in [5.74, 6) is 1.06. The van der Waals surface area contributed by atoms with Crippen molar-refractivity contribution in [3.05, 3.63) is 23.4 Å². The van der Waals surface area contributed by atoms with Crippen LogP contribution in [0.2, 0.25) is 0 Å². The van der Waals surface area contributed by atoms with Crippen molar-refractivity contribution < 1.29 is 0 Å². The van der Waals surface area contributed by atoms with Crippen LogP contribution in [-0.2, 0) is 12.8 Å². The minimum absolute atomic E-state index is 0.567. The van der Waals surface area contributed by atoms with E-state index in [0.29, 0.717) is 6.04 Å². The monoisotopic (exact) mass is 204 g/mol. The minimum Gasteiger partial charge on any atom is -0.367 e. The fourth-order valence-electron chi connectivity index (χ4n) is 2.20. The first-order chi connectivity index (χ1) is 7.33. The summed E-state index contributed by atoms with van der Waals surface area (Å²) in [5.41, 5.74) is 2.76. The van der Waals surface area contributed by atoms with Gasteiger partial charge < -0.3 is 5.32 Å². The second-order valence-corrected chi connectivity index (χ2v) is 4.31. The van der Waals surface area contributed by atoms with Crippen molar-refractivity contribution in [1.82, 2.24) is 4.98 Å². The summed E-state index contributed by atoms with van der Waals surface area (Å²) < 4.78 is 0. The van der Waals surface area contributed by atoms with Crippen LogP contribution in [0.5, 0.6) is 0 Å². The van der Waals surface area contributed by atoms with Gasteiger partial charge in [0.25, 0.3) is 0 Å². The van der Waals surface area contributed by atoms with Crippen LogP contribution < -0.4 is 5.32 Å². The molecule has 0 aromatic carbocycles. The molecule has 0 atom stereocenters. The first-order valence-corrected chi connectivity index (χ1v) is 6.08. The Labute approximate surface area is 92.1 Å². The highest BCUT2D eigenvalue weighted by Crippen LogP contribution is 2.22. The molecule has 2 heteroatoms. The standard InChI is InChI=1S/C13H20N2/c1-3-11(4-2)14-13-9-8-10-6-5-7-12(10)15-13/h8-9,11H,3-7H2,1-2H3,(H,14,15). The van der Waals surface area contributed by atoms with E-state index in [-0.39, 0.29) is 0 Å². The lowest BCUT2D eigenvalue weighted by atomic mass is 10.1. The molecule has 1 aromatic heterocycles. The number of aryl methyl sites for hydroxylation is 2. The molecule has 0 radical (unpaired) electrons. The molecule has 2 rings (SSSR count). The third kappa shape index (κ3) is 2.31. The lowest BCUT2D eigenvalue weighted by Crippen LogP contribution is -2.18. The molecular weight excluding hydrogens is 184 g/mol. The average Bonchev–Trinajstić information content (AvgIpc) is 2.73. The molecule has 15 heavy (non-hydrogen) atoms. The molecule has 1 aromatic rings. The van der Waals surface area contributed by atoms with E-state index in [9.17, 15) is 0 Å². The number of pyridine rings is 1. The molecule has 0 saturated heterocycles. The smallest absolute Gasteiger partial charge is 0.126 e. The highest BCUT2D eigenvalue weighted by molar-refractivity contribution is 5.41. The van der Waals surface area contributed by atoms with Gasteiger partial charge in [-0.15, -0.1) is 0 Å². The van der Waals surface area contributed by atoms with Crippen LogP contribution in [0.4, 0.5) is 5.82 Å². The maximum atomic E-state index is 4.68. The molecule has 0 unspecified atom stereocenters. The third-order valence-corrected chi connectivity index (χ3v) is 3.27. The van der Waals surface area contributed by atoms with Crippen molar-refractivity contribution in [2.45, 2.75) is 52.0 Å². The van der Waals surface area contributed by atoms with E-state index in [0.717, 1.165) is 25.1 Å². The summed E-state index contributed by atoms with van der Waals surface area (Å²) in [5, 5.41) is 3.50. The van der Waals surface area contributed by atoms with E-state index in [1.54, 1.807) is 0 Å². The zero-order valence-corrected chi connectivity index (χ0v) is 9.71. The van der Waals surface area contributed by atoms with Gasteiger partial charge in [-0.25, -0.2) is 4.98 Å². The number of aromatic nitrogens is 1. The van der Waals surface area contributed by atoms with Crippen LogP contribution in [0.1, 0.15) is 44.4 Å². The van der Waals surface area contributed by atoms with Gasteiger partial charge >= 0.3 is 0 Å². The Kier molecular flexibility index (Phi) is 3.24. The van der Waals surface area contributed by atoms with E-state index >= 15 is 0 Å². The summed E-state index contributed by atoms with van der Waals surface area (Å²) >= 11 is 0.